The van der Waals surface area contributed by atoms with Crippen molar-refractivity contribution in [2.75, 3.05) is 6.54 Å². The molecule has 5 heteroatoms. The Morgan fingerprint density at radius 1 is 1.19 bits per heavy atom. The predicted octanol–water partition coefficient (Wildman–Crippen LogP) is 3.27. The van der Waals surface area contributed by atoms with E-state index in [-0.39, 0.29) is 12.3 Å². The molecule has 2 aromatic carbocycles. The molecule has 0 bridgehead atoms. The van der Waals surface area contributed by atoms with Gasteiger partial charge in [0.15, 0.2) is 0 Å². The van der Waals surface area contributed by atoms with Crippen LogP contribution in [0.5, 0.6) is 0 Å². The van der Waals surface area contributed by atoms with E-state index < -0.39 is 6.10 Å². The van der Waals surface area contributed by atoms with Crippen LogP contribution in [0.15, 0.2) is 59.0 Å². The number of amides is 1. The average Bonchev–Trinajstić information content (AvgIpc) is 3.03. The number of carbonyl (C=O) groups is 1. The lowest BCUT2D eigenvalue weighted by Crippen LogP contribution is -2.39. The van der Waals surface area contributed by atoms with Gasteiger partial charge >= 0.3 is 0 Å². The maximum atomic E-state index is 12.8. The van der Waals surface area contributed by atoms with E-state index in [0.717, 1.165) is 16.7 Å². The number of hydrogen-bond acceptors (Lipinski definition) is 4. The van der Waals surface area contributed by atoms with Crippen LogP contribution >= 0.6 is 0 Å². The van der Waals surface area contributed by atoms with Crippen molar-refractivity contribution >= 4 is 5.91 Å². The molecule has 132 valence electrons. The summed E-state index contributed by atoms with van der Waals surface area (Å²) in [5.74, 6) is 1.11. The Morgan fingerprint density at radius 3 is 2.73 bits per heavy atom. The first-order valence-corrected chi connectivity index (χ1v) is 8.67. The van der Waals surface area contributed by atoms with Crippen LogP contribution in [0.3, 0.4) is 0 Å². The monoisotopic (exact) mass is 348 g/mol. The molecular formula is C21H20N2O3. The van der Waals surface area contributed by atoms with Crippen LogP contribution in [0.4, 0.5) is 0 Å². The van der Waals surface area contributed by atoms with Gasteiger partial charge in [0, 0.05) is 12.1 Å². The summed E-state index contributed by atoms with van der Waals surface area (Å²) in [6.07, 6.45) is -0.487. The van der Waals surface area contributed by atoms with Crippen molar-refractivity contribution in [1.82, 2.24) is 9.88 Å². The number of oxazole rings is 1. The molecule has 0 spiro atoms. The molecule has 0 radical (unpaired) electrons. The smallest absolute Gasteiger partial charge is 0.229 e. The van der Waals surface area contributed by atoms with Gasteiger partial charge in [0.05, 0.1) is 24.8 Å². The zero-order chi connectivity index (χ0) is 18.1. The van der Waals surface area contributed by atoms with Crippen LogP contribution in [-0.2, 0) is 17.8 Å². The molecule has 5 nitrogen and oxygen atoms in total. The van der Waals surface area contributed by atoms with Crippen LogP contribution in [0, 0.1) is 6.92 Å². The zero-order valence-electron chi connectivity index (χ0n) is 14.6. The van der Waals surface area contributed by atoms with E-state index in [0.29, 0.717) is 30.4 Å². The number of nitrogens with zero attached hydrogens (tertiary/aromatic N) is 2. The molecule has 0 fully saturated rings. The first-order valence-electron chi connectivity index (χ1n) is 8.67. The lowest BCUT2D eigenvalue weighted by Gasteiger charge is -2.32. The second-order valence-corrected chi connectivity index (χ2v) is 6.55. The molecule has 1 N–H and O–H groups in total. The minimum absolute atomic E-state index is 0.0606. The Kier molecular flexibility index (Phi) is 4.31. The number of aryl methyl sites for hydroxylation is 1. The Hall–Kier alpha value is -2.92. The highest BCUT2D eigenvalue weighted by Gasteiger charge is 2.27. The summed E-state index contributed by atoms with van der Waals surface area (Å²) in [5.41, 5.74) is 3.42. The summed E-state index contributed by atoms with van der Waals surface area (Å²) in [6.45, 7) is 2.63. The molecule has 1 aliphatic rings. The van der Waals surface area contributed by atoms with Gasteiger partial charge in [-0.3, -0.25) is 4.79 Å². The van der Waals surface area contributed by atoms with Gasteiger partial charge in [-0.2, -0.15) is 0 Å². The molecule has 4 rings (SSSR count). The third-order valence-corrected chi connectivity index (χ3v) is 4.75. The Bertz CT molecular complexity index is 933. The molecule has 0 aliphatic carbocycles. The van der Waals surface area contributed by atoms with Crippen molar-refractivity contribution in [3.8, 4) is 11.5 Å². The summed E-state index contributed by atoms with van der Waals surface area (Å²) in [4.78, 5) is 18.9. The van der Waals surface area contributed by atoms with E-state index in [1.165, 1.54) is 0 Å². The highest BCUT2D eigenvalue weighted by Crippen LogP contribution is 2.27. The van der Waals surface area contributed by atoms with Gasteiger partial charge in [-0.1, -0.05) is 42.5 Å². The number of β-amino-alcohol motifs (C(OH)–C–C–N with tert-alkyl or cyclic N) is 1. The standard InChI is InChI=1S/C21H20N2O3/c1-14-18(22-21(26-14)15-7-3-2-4-8-15)11-20(25)23-12-16-9-5-6-10-17(16)19(24)13-23/h2-10,19,24H,11-13H2,1H3. The molecule has 1 amide bonds. The number of hydrogen-bond donors (Lipinski definition) is 1. The summed E-state index contributed by atoms with van der Waals surface area (Å²) < 4.78 is 5.74. The van der Waals surface area contributed by atoms with Crippen molar-refractivity contribution in [3.05, 3.63) is 77.2 Å². The number of carbonyl (C=O) groups excluding carboxylic acids is 1. The summed E-state index contributed by atoms with van der Waals surface area (Å²) in [6, 6.07) is 17.3. The second kappa shape index (κ2) is 6.77. The van der Waals surface area contributed by atoms with E-state index in [4.69, 9.17) is 4.42 Å². The third-order valence-electron chi connectivity index (χ3n) is 4.75. The predicted molar refractivity (Wildman–Crippen MR) is 97.2 cm³/mol. The quantitative estimate of drug-likeness (QED) is 0.789. The normalized spacial score (nSPS) is 16.4. The maximum absolute atomic E-state index is 12.8. The molecule has 1 aromatic heterocycles. The van der Waals surface area contributed by atoms with Crippen LogP contribution in [0.2, 0.25) is 0 Å². The molecule has 26 heavy (non-hydrogen) atoms. The van der Waals surface area contributed by atoms with Gasteiger partial charge in [0.25, 0.3) is 0 Å². The molecule has 0 saturated heterocycles. The van der Waals surface area contributed by atoms with Gasteiger partial charge in [-0.25, -0.2) is 4.98 Å². The minimum atomic E-state index is -0.651. The molecule has 3 aromatic rings. The summed E-state index contributed by atoms with van der Waals surface area (Å²) >= 11 is 0. The number of benzene rings is 2. The van der Waals surface area contributed by atoms with Crippen LogP contribution in [-0.4, -0.2) is 27.4 Å². The van der Waals surface area contributed by atoms with E-state index in [2.05, 4.69) is 4.98 Å². The third kappa shape index (κ3) is 3.13. The Morgan fingerprint density at radius 2 is 1.92 bits per heavy atom. The van der Waals surface area contributed by atoms with E-state index >= 15 is 0 Å². The fraction of sp³-hybridized carbons (Fsp3) is 0.238. The number of aliphatic hydroxyl groups excluding tert-OH is 1. The molecular weight excluding hydrogens is 328 g/mol. The maximum Gasteiger partial charge on any atom is 0.229 e. The van der Waals surface area contributed by atoms with Crippen molar-refractivity contribution < 1.29 is 14.3 Å². The fourth-order valence-corrected chi connectivity index (χ4v) is 3.32. The zero-order valence-corrected chi connectivity index (χ0v) is 14.6. The van der Waals surface area contributed by atoms with Crippen molar-refractivity contribution in [2.45, 2.75) is 26.0 Å². The Labute approximate surface area is 151 Å². The molecule has 1 aliphatic heterocycles. The van der Waals surface area contributed by atoms with Crippen LogP contribution in [0.25, 0.3) is 11.5 Å². The lowest BCUT2D eigenvalue weighted by molar-refractivity contribution is -0.133. The number of rotatable bonds is 3. The van der Waals surface area contributed by atoms with E-state index in [9.17, 15) is 9.90 Å². The average molecular weight is 348 g/mol. The topological polar surface area (TPSA) is 66.6 Å². The molecule has 1 atom stereocenters. The van der Waals surface area contributed by atoms with E-state index in [1.807, 2.05) is 61.5 Å². The SMILES string of the molecule is Cc1oc(-c2ccccc2)nc1CC(=O)N1Cc2ccccc2C(O)C1. The molecule has 1 unspecified atom stereocenters. The molecule has 0 saturated carbocycles. The van der Waals surface area contributed by atoms with Crippen molar-refractivity contribution in [2.24, 2.45) is 0 Å². The van der Waals surface area contributed by atoms with Gasteiger partial charge in [-0.05, 0) is 30.2 Å². The second-order valence-electron chi connectivity index (χ2n) is 6.55. The lowest BCUT2D eigenvalue weighted by atomic mass is 9.97. The first kappa shape index (κ1) is 16.5. The summed E-state index contributed by atoms with van der Waals surface area (Å²) in [5, 5.41) is 10.3. The van der Waals surface area contributed by atoms with Gasteiger partial charge < -0.3 is 14.4 Å². The van der Waals surface area contributed by atoms with Crippen LogP contribution in [0.1, 0.15) is 28.7 Å². The number of aliphatic hydroxyl groups is 1. The van der Waals surface area contributed by atoms with Crippen molar-refractivity contribution in [3.63, 3.8) is 0 Å². The van der Waals surface area contributed by atoms with Gasteiger partial charge in [0.1, 0.15) is 5.76 Å². The highest BCUT2D eigenvalue weighted by molar-refractivity contribution is 5.79. The van der Waals surface area contributed by atoms with Gasteiger partial charge in [0.2, 0.25) is 11.8 Å². The van der Waals surface area contributed by atoms with Gasteiger partial charge in [-0.15, -0.1) is 0 Å². The number of aromatic nitrogens is 1. The number of fused-ring (bicyclic) bond motifs is 1. The first-order chi connectivity index (χ1) is 12.6. The van der Waals surface area contributed by atoms with Crippen molar-refractivity contribution in [1.29, 1.82) is 0 Å². The molecule has 2 heterocycles. The highest BCUT2D eigenvalue weighted by atomic mass is 16.4. The minimum Gasteiger partial charge on any atom is -0.441 e. The van der Waals surface area contributed by atoms with E-state index in [1.54, 1.807) is 4.90 Å². The summed E-state index contributed by atoms with van der Waals surface area (Å²) in [7, 11) is 0. The Balaban J connectivity index is 1.52. The largest absolute Gasteiger partial charge is 0.441 e. The fourth-order valence-electron chi connectivity index (χ4n) is 3.32. The van der Waals surface area contributed by atoms with Crippen LogP contribution < -0.4 is 0 Å².